The van der Waals surface area contributed by atoms with Gasteiger partial charge >= 0.3 is 0 Å². The number of hydrogen-bond acceptors (Lipinski definition) is 3. The lowest BCUT2D eigenvalue weighted by Gasteiger charge is -2.32. The molecule has 5 nitrogen and oxygen atoms in total. The number of hydrogen-bond donors (Lipinski definition) is 1. The number of aryl methyl sites for hydroxylation is 1. The van der Waals surface area contributed by atoms with E-state index in [-0.39, 0.29) is 31.0 Å². The maximum absolute atomic E-state index is 13.8. The Balaban J connectivity index is 1.62. The van der Waals surface area contributed by atoms with Gasteiger partial charge in [0, 0.05) is 24.0 Å². The molecule has 3 aromatic rings. The summed E-state index contributed by atoms with van der Waals surface area (Å²) < 4.78 is 5.99. The summed E-state index contributed by atoms with van der Waals surface area (Å²) in [6.45, 7) is 4.12. The van der Waals surface area contributed by atoms with Crippen LogP contribution in [0, 0.1) is 13.8 Å². The molecule has 37 heavy (non-hydrogen) atoms. The summed E-state index contributed by atoms with van der Waals surface area (Å²) in [6.07, 6.45) is 4.61. The lowest BCUT2D eigenvalue weighted by Crippen LogP contribution is -2.53. The summed E-state index contributed by atoms with van der Waals surface area (Å²) in [6, 6.07) is 22.5. The fourth-order valence-corrected chi connectivity index (χ4v) is 4.94. The van der Waals surface area contributed by atoms with E-state index in [1.807, 2.05) is 74.5 Å². The molecule has 6 heteroatoms. The molecule has 2 amide bonds. The zero-order valence-corrected chi connectivity index (χ0v) is 22.3. The third-order valence-corrected chi connectivity index (χ3v) is 7.40. The number of amides is 2. The molecule has 194 valence electrons. The summed E-state index contributed by atoms with van der Waals surface area (Å²) in [5, 5.41) is 3.85. The van der Waals surface area contributed by atoms with Crippen molar-refractivity contribution < 1.29 is 14.3 Å². The van der Waals surface area contributed by atoms with Gasteiger partial charge in [-0.05, 0) is 67.1 Å². The van der Waals surface area contributed by atoms with Crippen LogP contribution in [0.1, 0.15) is 47.9 Å². The van der Waals surface area contributed by atoms with Crippen molar-refractivity contribution in [2.24, 2.45) is 0 Å². The van der Waals surface area contributed by atoms with Crippen LogP contribution in [0.4, 0.5) is 0 Å². The second-order valence-corrected chi connectivity index (χ2v) is 10.3. The van der Waals surface area contributed by atoms with Crippen LogP contribution in [-0.2, 0) is 22.6 Å². The molecule has 1 N–H and O–H groups in total. The molecule has 0 saturated heterocycles. The molecule has 1 fully saturated rings. The van der Waals surface area contributed by atoms with Crippen molar-refractivity contribution in [3.05, 3.63) is 100 Å². The minimum absolute atomic E-state index is 0.121. The van der Waals surface area contributed by atoms with Gasteiger partial charge in [0.1, 0.15) is 11.8 Å². The monoisotopic (exact) mass is 518 g/mol. The highest BCUT2D eigenvalue weighted by atomic mass is 35.5. The first-order chi connectivity index (χ1) is 17.9. The third-order valence-electron chi connectivity index (χ3n) is 7.14. The minimum Gasteiger partial charge on any atom is -0.483 e. The predicted molar refractivity (Wildman–Crippen MR) is 148 cm³/mol. The van der Waals surface area contributed by atoms with E-state index >= 15 is 0 Å². The Kier molecular flexibility index (Phi) is 9.24. The van der Waals surface area contributed by atoms with Gasteiger partial charge in [0.25, 0.3) is 5.91 Å². The Morgan fingerprint density at radius 1 is 0.946 bits per heavy atom. The van der Waals surface area contributed by atoms with Crippen LogP contribution in [0.25, 0.3) is 0 Å². The molecule has 1 aliphatic rings. The summed E-state index contributed by atoms with van der Waals surface area (Å²) in [4.78, 5) is 29.1. The number of carbonyl (C=O) groups is 2. The number of nitrogens with one attached hydrogen (secondary N) is 1. The molecular formula is C31H35ClN2O3. The van der Waals surface area contributed by atoms with Crippen molar-refractivity contribution in [2.45, 2.75) is 64.6 Å². The lowest BCUT2D eigenvalue weighted by molar-refractivity contribution is -0.143. The van der Waals surface area contributed by atoms with E-state index in [1.54, 1.807) is 17.0 Å². The Morgan fingerprint density at radius 3 is 2.35 bits per heavy atom. The van der Waals surface area contributed by atoms with Crippen LogP contribution in [0.3, 0.4) is 0 Å². The predicted octanol–water partition coefficient (Wildman–Crippen LogP) is 6.03. The third kappa shape index (κ3) is 7.36. The number of benzene rings is 3. The minimum atomic E-state index is -0.673. The topological polar surface area (TPSA) is 58.6 Å². The van der Waals surface area contributed by atoms with Gasteiger partial charge in [-0.2, -0.15) is 0 Å². The Morgan fingerprint density at radius 2 is 1.65 bits per heavy atom. The molecule has 0 unspecified atom stereocenters. The first-order valence-electron chi connectivity index (χ1n) is 13.0. The van der Waals surface area contributed by atoms with Gasteiger partial charge in [0.15, 0.2) is 6.61 Å². The zero-order valence-electron chi connectivity index (χ0n) is 21.6. The van der Waals surface area contributed by atoms with Gasteiger partial charge in [-0.3, -0.25) is 9.59 Å². The molecule has 0 heterocycles. The van der Waals surface area contributed by atoms with Crippen LogP contribution in [-0.4, -0.2) is 35.4 Å². The fraction of sp³-hybridized carbons (Fsp3) is 0.355. The van der Waals surface area contributed by atoms with Gasteiger partial charge < -0.3 is 15.0 Å². The zero-order chi connectivity index (χ0) is 26.2. The van der Waals surface area contributed by atoms with Crippen molar-refractivity contribution in [1.82, 2.24) is 10.2 Å². The Labute approximate surface area is 224 Å². The van der Waals surface area contributed by atoms with E-state index in [9.17, 15) is 9.59 Å². The largest absolute Gasteiger partial charge is 0.483 e. The first-order valence-corrected chi connectivity index (χ1v) is 13.4. The molecule has 4 rings (SSSR count). The van der Waals surface area contributed by atoms with E-state index in [2.05, 4.69) is 5.32 Å². The maximum atomic E-state index is 13.8. The molecule has 0 aliphatic heterocycles. The van der Waals surface area contributed by atoms with Gasteiger partial charge in [-0.1, -0.05) is 79.0 Å². The number of halogens is 1. The van der Waals surface area contributed by atoms with Crippen molar-refractivity contribution in [2.75, 3.05) is 6.61 Å². The smallest absolute Gasteiger partial charge is 0.261 e. The molecule has 0 spiro atoms. The highest BCUT2D eigenvalue weighted by Crippen LogP contribution is 2.23. The van der Waals surface area contributed by atoms with Gasteiger partial charge in [-0.15, -0.1) is 0 Å². The van der Waals surface area contributed by atoms with E-state index in [0.717, 1.165) is 47.9 Å². The van der Waals surface area contributed by atoms with E-state index < -0.39 is 6.04 Å². The molecule has 1 aliphatic carbocycles. The highest BCUT2D eigenvalue weighted by Gasteiger charge is 2.32. The molecule has 0 radical (unpaired) electrons. The summed E-state index contributed by atoms with van der Waals surface area (Å²) in [5.41, 5.74) is 4.00. The van der Waals surface area contributed by atoms with Crippen molar-refractivity contribution >= 4 is 23.4 Å². The number of carbonyl (C=O) groups excluding carboxylic acids is 2. The number of rotatable bonds is 10. The van der Waals surface area contributed by atoms with Crippen LogP contribution >= 0.6 is 11.6 Å². The van der Waals surface area contributed by atoms with Crippen LogP contribution in [0.5, 0.6) is 5.75 Å². The van der Waals surface area contributed by atoms with Gasteiger partial charge in [0.05, 0.1) is 0 Å². The van der Waals surface area contributed by atoms with Gasteiger partial charge in [-0.25, -0.2) is 0 Å². The van der Waals surface area contributed by atoms with E-state index in [4.69, 9.17) is 16.3 Å². The fourth-order valence-electron chi connectivity index (χ4n) is 4.81. The van der Waals surface area contributed by atoms with Crippen LogP contribution in [0.15, 0.2) is 72.8 Å². The van der Waals surface area contributed by atoms with Gasteiger partial charge in [0.2, 0.25) is 5.91 Å². The van der Waals surface area contributed by atoms with Crippen molar-refractivity contribution in [3.8, 4) is 5.75 Å². The molecular weight excluding hydrogens is 484 g/mol. The van der Waals surface area contributed by atoms with E-state index in [0.29, 0.717) is 17.2 Å². The normalized spacial score (nSPS) is 14.2. The number of ether oxygens (including phenoxy) is 1. The number of nitrogens with zero attached hydrogens (tertiary/aromatic N) is 1. The summed E-state index contributed by atoms with van der Waals surface area (Å²) >= 11 is 6.11. The second-order valence-electron chi connectivity index (χ2n) is 9.83. The van der Waals surface area contributed by atoms with E-state index in [1.165, 1.54) is 0 Å². The average molecular weight is 519 g/mol. The SMILES string of the molecule is Cc1cccc(OCC(=O)N(Cc2ccc(Cl)cc2)[C@H](Cc2ccccc2)C(=O)NC2CCCC2)c1C. The molecule has 3 aromatic carbocycles. The summed E-state index contributed by atoms with van der Waals surface area (Å²) in [5.74, 6) is 0.318. The lowest BCUT2D eigenvalue weighted by atomic mass is 10.0. The Hall–Kier alpha value is -3.31. The first kappa shape index (κ1) is 26.7. The van der Waals surface area contributed by atoms with Crippen LogP contribution in [0.2, 0.25) is 5.02 Å². The van der Waals surface area contributed by atoms with Crippen molar-refractivity contribution in [3.63, 3.8) is 0 Å². The molecule has 0 bridgehead atoms. The standard InChI is InChI=1S/C31H35ClN2O3/c1-22-9-8-14-29(23(22)2)37-21-30(35)34(20-25-15-17-26(32)18-16-25)28(19-24-10-4-3-5-11-24)31(36)33-27-12-6-7-13-27/h3-5,8-11,14-18,27-28H,6-7,12-13,19-21H2,1-2H3,(H,33,36)/t28-/m1/s1. The summed E-state index contributed by atoms with van der Waals surface area (Å²) in [7, 11) is 0. The molecule has 1 saturated carbocycles. The second kappa shape index (κ2) is 12.8. The molecule has 0 aromatic heterocycles. The van der Waals surface area contributed by atoms with Crippen molar-refractivity contribution in [1.29, 1.82) is 0 Å². The maximum Gasteiger partial charge on any atom is 0.261 e. The Bertz CT molecular complexity index is 1190. The molecule has 1 atom stereocenters. The quantitative estimate of drug-likeness (QED) is 0.356. The van der Waals surface area contributed by atoms with Crippen LogP contribution < -0.4 is 10.1 Å². The average Bonchev–Trinajstić information content (AvgIpc) is 3.41. The highest BCUT2D eigenvalue weighted by molar-refractivity contribution is 6.30.